The van der Waals surface area contributed by atoms with Crippen molar-refractivity contribution in [3.05, 3.63) is 0 Å². The van der Waals surface area contributed by atoms with E-state index >= 15 is 0 Å². The average Bonchev–Trinajstić information content (AvgIpc) is 1.95. The van der Waals surface area contributed by atoms with Gasteiger partial charge in [-0.25, -0.2) is 4.79 Å². The van der Waals surface area contributed by atoms with Crippen molar-refractivity contribution in [3.8, 4) is 0 Å². The van der Waals surface area contributed by atoms with Crippen molar-refractivity contribution >= 4 is 17.9 Å². The van der Waals surface area contributed by atoms with E-state index in [2.05, 4.69) is 0 Å². The van der Waals surface area contributed by atoms with Crippen LogP contribution in [0.4, 0.5) is 0 Å². The zero-order valence-corrected chi connectivity index (χ0v) is 13.2. The van der Waals surface area contributed by atoms with Crippen LogP contribution in [0.2, 0.25) is 0 Å². The van der Waals surface area contributed by atoms with Gasteiger partial charge in [-0.15, -0.1) is 0 Å². The molecule has 0 aliphatic heterocycles. The number of rotatable bonds is 5. The number of hydrogen-bond acceptors (Lipinski definition) is 11. The number of carboxylic acid groups (broad SMARTS) is 3. The van der Waals surface area contributed by atoms with E-state index in [4.69, 9.17) is 36.5 Å². The first-order valence-corrected chi connectivity index (χ1v) is 5.84. The third-order valence-corrected chi connectivity index (χ3v) is 1.29. The fraction of sp³-hybridized carbons (Fsp3) is 0.500. The molecule has 17 heteroatoms. The van der Waals surface area contributed by atoms with Crippen LogP contribution in [0.3, 0.4) is 0 Å². The summed E-state index contributed by atoms with van der Waals surface area (Å²) in [6.07, 6.45) is -2.29. The first kappa shape index (κ1) is 42.9. The predicted octanol–water partition coefficient (Wildman–Crippen LogP) is -1.79. The van der Waals surface area contributed by atoms with Gasteiger partial charge in [0.15, 0.2) is 5.60 Å². The van der Waals surface area contributed by atoms with E-state index in [1.807, 2.05) is 0 Å². The molecule has 0 fully saturated rings. The summed E-state index contributed by atoms with van der Waals surface area (Å²) in [5.41, 5.74) is -2.74. The molecule has 0 spiro atoms. The number of carboxylic acids is 3. The van der Waals surface area contributed by atoms with Gasteiger partial charge in [-0.2, -0.15) is 0 Å². The first-order chi connectivity index (χ1) is 7.78. The molecule has 147 valence electrons. The maximum absolute atomic E-state index is 10.3. The van der Waals surface area contributed by atoms with Crippen molar-refractivity contribution in [2.45, 2.75) is 18.4 Å². The Kier molecular flexibility index (Phi) is 30.9. The molecule has 0 saturated heterocycles. The van der Waals surface area contributed by atoms with E-state index in [1.165, 1.54) is 0 Å². The summed E-state index contributed by atoms with van der Waals surface area (Å²) in [5.74, 6) is -5.02. The van der Waals surface area contributed by atoms with Crippen LogP contribution < -0.4 is 30.8 Å². The molecule has 0 heterocycles. The molecule has 16 nitrogen and oxygen atoms in total. The van der Waals surface area contributed by atoms with Gasteiger partial charge < -0.3 is 51.2 Å². The van der Waals surface area contributed by atoms with Crippen molar-refractivity contribution < 1.29 is 64.2 Å². The van der Waals surface area contributed by atoms with Crippen molar-refractivity contribution in [2.24, 2.45) is 0 Å². The van der Waals surface area contributed by atoms with Crippen LogP contribution in [0.25, 0.3) is 0 Å². The molecule has 23 heavy (non-hydrogen) atoms. The number of hydrogen-bond donors (Lipinski definition) is 11. The fourth-order valence-electron chi connectivity index (χ4n) is 0.714. The van der Waals surface area contributed by atoms with E-state index in [1.54, 1.807) is 0 Å². The van der Waals surface area contributed by atoms with E-state index in [9.17, 15) is 14.4 Å². The summed E-state index contributed by atoms with van der Waals surface area (Å²) in [7, 11) is 0. The minimum absolute atomic E-state index is 0. The second-order valence-electron chi connectivity index (χ2n) is 2.89. The van der Waals surface area contributed by atoms with Crippen molar-refractivity contribution in [1.29, 1.82) is 0 Å². The van der Waals surface area contributed by atoms with Crippen LogP contribution in [0.15, 0.2) is 0 Å². The zero-order valence-electron chi connectivity index (χ0n) is 12.1. The molecule has 0 aromatic carbocycles. The molecule has 21 N–H and O–H groups in total. The number of aliphatic carboxylic acids is 3. The summed E-state index contributed by atoms with van der Waals surface area (Å²) in [5, 5.41) is 33.8. The van der Waals surface area contributed by atoms with Gasteiger partial charge in [-0.3, -0.25) is 9.59 Å². The van der Waals surface area contributed by atoms with Crippen LogP contribution >= 0.6 is 0 Å². The van der Waals surface area contributed by atoms with Crippen LogP contribution in [-0.2, 0) is 35.4 Å². The number of aliphatic hydroxyl groups is 1. The van der Waals surface area contributed by atoms with Gasteiger partial charge in [-0.05, 0) is 0 Å². The topological polar surface area (TPSA) is 382 Å². The molecule has 0 rings (SSSR count). The van der Waals surface area contributed by atoms with Gasteiger partial charge >= 0.3 is 47.3 Å². The van der Waals surface area contributed by atoms with Gasteiger partial charge in [0.1, 0.15) is 0 Å². The van der Waals surface area contributed by atoms with E-state index in [-0.39, 0.29) is 30.8 Å². The molecule has 0 atom stereocenters. The standard InChI is InChI=1S/C6H8O7.Mn.5H3N.2H2O.2O/c7-3(8)1-6(13,5(11)12)2-4(9)10;;;;;;;;;;/h13H,1-2H2,(H,7,8)(H,9,10)(H,11,12);;5*1H3;2*1H2;;/q;+2;;;;;;;;;/p-2. The summed E-state index contributed by atoms with van der Waals surface area (Å²) in [6.45, 7) is 0. The van der Waals surface area contributed by atoms with Crippen LogP contribution in [0.1, 0.15) is 12.8 Å². The molecule has 0 aromatic rings. The third-order valence-electron chi connectivity index (χ3n) is 1.29. The Morgan fingerprint density at radius 1 is 0.739 bits per heavy atom. The molecule has 0 aliphatic carbocycles. The molecule has 0 bridgehead atoms. The fourth-order valence-corrected chi connectivity index (χ4v) is 0.714. The molecule has 0 radical (unpaired) electrons. The summed E-state index contributed by atoms with van der Waals surface area (Å²) < 4.78 is 31.8. The van der Waals surface area contributed by atoms with Gasteiger partial charge in [0.2, 0.25) is 0 Å². The van der Waals surface area contributed by atoms with Gasteiger partial charge in [-0.1, -0.05) is 0 Å². The Balaban J connectivity index is -0.0000000455. The average molecular weight is 398 g/mol. The first-order valence-electron chi connectivity index (χ1n) is 3.82. The normalized spacial score (nSPS) is 8.65. The SMILES string of the molecule is N.N.N.N.N.O=C(O)CC(O)(CC(=O)O)C(=O)O.[O]=[Mn](=[O])([OH])[OH]. The Labute approximate surface area is 132 Å². The van der Waals surface area contributed by atoms with Crippen LogP contribution in [0.5, 0.6) is 0 Å². The third kappa shape index (κ3) is 33.2. The Morgan fingerprint density at radius 2 is 0.913 bits per heavy atom. The van der Waals surface area contributed by atoms with E-state index in [0.717, 1.165) is 0 Å². The van der Waals surface area contributed by atoms with E-state index in [0.29, 0.717) is 0 Å². The Bertz CT molecular complexity index is 414. The molecular formula is C6H25MnN5O11. The molecule has 0 aromatic heterocycles. The minimum atomic E-state index is -5.12. The van der Waals surface area contributed by atoms with Crippen molar-refractivity contribution in [3.63, 3.8) is 0 Å². The maximum atomic E-state index is 10.3. The Morgan fingerprint density at radius 3 is 1.00 bits per heavy atom. The molecule has 0 aliphatic rings. The van der Waals surface area contributed by atoms with Crippen LogP contribution in [-0.4, -0.2) is 52.3 Å². The van der Waals surface area contributed by atoms with Crippen molar-refractivity contribution in [2.75, 3.05) is 0 Å². The van der Waals surface area contributed by atoms with Crippen LogP contribution in [0, 0.1) is 0 Å². The van der Waals surface area contributed by atoms with E-state index < -0.39 is 49.7 Å². The predicted molar refractivity (Wildman–Crippen MR) is 68.0 cm³/mol. The summed E-state index contributed by atoms with van der Waals surface area (Å²) in [6, 6.07) is 0. The summed E-state index contributed by atoms with van der Waals surface area (Å²) >= 11 is -5.12. The Hall–Kier alpha value is -1.79. The van der Waals surface area contributed by atoms with Gasteiger partial charge in [0.25, 0.3) is 0 Å². The quantitative estimate of drug-likeness (QED) is 0.227. The second-order valence-corrected chi connectivity index (χ2v) is 4.19. The van der Waals surface area contributed by atoms with Gasteiger partial charge in [0, 0.05) is 0 Å². The van der Waals surface area contributed by atoms with Crippen molar-refractivity contribution in [1.82, 2.24) is 30.8 Å². The van der Waals surface area contributed by atoms with Gasteiger partial charge in [0.05, 0.1) is 12.8 Å². The second kappa shape index (κ2) is 16.6. The number of carbonyl (C=O) groups is 3. The molecular weight excluding hydrogens is 373 g/mol. The zero-order chi connectivity index (χ0) is 15.1. The molecule has 0 unspecified atom stereocenters. The monoisotopic (exact) mass is 398 g/mol. The molecule has 0 amide bonds. The molecule has 0 saturated carbocycles. The summed E-state index contributed by atoms with van der Waals surface area (Å²) in [4.78, 5) is 30.5.